The molecule has 5 nitrogen and oxygen atoms in total. The number of ketones is 1. The van der Waals surface area contributed by atoms with Crippen LogP contribution in [0.4, 0.5) is 0 Å². The zero-order chi connectivity index (χ0) is 15.0. The normalized spacial score (nSPS) is 12.2. The Kier molecular flexibility index (Phi) is 7.79. The average Bonchev–Trinajstić information content (AvgIpc) is 2.43. The van der Waals surface area contributed by atoms with Gasteiger partial charge in [-0.2, -0.15) is 0 Å². The van der Waals surface area contributed by atoms with Crippen molar-refractivity contribution in [3.63, 3.8) is 0 Å². The SMILES string of the molecule is CC(C)C(=O)COc1ccc(O[C@H](C)CNSS)nc1. The van der Waals surface area contributed by atoms with E-state index in [9.17, 15) is 4.79 Å². The molecule has 0 radical (unpaired) electrons. The molecular formula is C13H20N2O3S2. The Morgan fingerprint density at radius 2 is 2.20 bits per heavy atom. The molecule has 1 heterocycles. The van der Waals surface area contributed by atoms with Gasteiger partial charge in [-0.05, 0) is 24.0 Å². The van der Waals surface area contributed by atoms with Crippen LogP contribution < -0.4 is 14.2 Å². The van der Waals surface area contributed by atoms with Crippen molar-refractivity contribution in [2.75, 3.05) is 13.2 Å². The number of ether oxygens (including phenoxy) is 2. The van der Waals surface area contributed by atoms with Gasteiger partial charge in [0.1, 0.15) is 18.5 Å². The lowest BCUT2D eigenvalue weighted by Crippen LogP contribution is -2.24. The molecule has 1 aromatic rings. The van der Waals surface area contributed by atoms with E-state index in [-0.39, 0.29) is 24.4 Å². The van der Waals surface area contributed by atoms with Crippen molar-refractivity contribution in [1.82, 2.24) is 9.71 Å². The minimum absolute atomic E-state index is 0.0172. The maximum atomic E-state index is 11.4. The van der Waals surface area contributed by atoms with Gasteiger partial charge in [0.05, 0.1) is 6.20 Å². The second-order valence-corrected chi connectivity index (χ2v) is 5.63. The summed E-state index contributed by atoms with van der Waals surface area (Å²) in [6.07, 6.45) is 1.53. The fraction of sp³-hybridized carbons (Fsp3) is 0.538. The van der Waals surface area contributed by atoms with Gasteiger partial charge in [-0.1, -0.05) is 25.5 Å². The van der Waals surface area contributed by atoms with Crippen LogP contribution in [0, 0.1) is 5.92 Å². The fourth-order valence-corrected chi connectivity index (χ4v) is 1.78. The first-order chi connectivity index (χ1) is 9.52. The van der Waals surface area contributed by atoms with Crippen LogP contribution in [0.2, 0.25) is 0 Å². The number of nitrogens with one attached hydrogen (secondary N) is 1. The van der Waals surface area contributed by atoms with Crippen LogP contribution in [-0.4, -0.2) is 30.0 Å². The molecule has 0 amide bonds. The van der Waals surface area contributed by atoms with E-state index in [1.54, 1.807) is 18.3 Å². The van der Waals surface area contributed by atoms with Gasteiger partial charge < -0.3 is 9.47 Å². The van der Waals surface area contributed by atoms with E-state index in [1.165, 1.54) is 11.0 Å². The van der Waals surface area contributed by atoms with E-state index >= 15 is 0 Å². The fourth-order valence-electron chi connectivity index (χ4n) is 1.25. The average molecular weight is 316 g/mol. The van der Waals surface area contributed by atoms with Crippen LogP contribution >= 0.6 is 22.6 Å². The van der Waals surface area contributed by atoms with E-state index in [1.807, 2.05) is 20.8 Å². The summed E-state index contributed by atoms with van der Waals surface area (Å²) in [5.74, 6) is 1.12. The van der Waals surface area contributed by atoms with E-state index in [2.05, 4.69) is 21.4 Å². The first-order valence-electron chi connectivity index (χ1n) is 6.34. The molecule has 0 spiro atoms. The molecule has 0 aliphatic carbocycles. The first-order valence-corrected chi connectivity index (χ1v) is 8.21. The minimum atomic E-state index is -0.0244. The smallest absolute Gasteiger partial charge is 0.213 e. The van der Waals surface area contributed by atoms with Crippen molar-refractivity contribution in [2.24, 2.45) is 5.92 Å². The molecule has 0 aliphatic rings. The second kappa shape index (κ2) is 9.10. The molecule has 7 heteroatoms. The summed E-state index contributed by atoms with van der Waals surface area (Å²) in [6, 6.07) is 3.46. The lowest BCUT2D eigenvalue weighted by Gasteiger charge is -2.13. The number of nitrogens with zero attached hydrogens (tertiary/aromatic N) is 1. The third-order valence-corrected chi connectivity index (χ3v) is 3.17. The van der Waals surface area contributed by atoms with Crippen LogP contribution in [0.5, 0.6) is 11.6 Å². The monoisotopic (exact) mass is 316 g/mol. The second-order valence-electron chi connectivity index (χ2n) is 4.61. The number of thiol groups is 1. The van der Waals surface area contributed by atoms with Crippen molar-refractivity contribution in [1.29, 1.82) is 0 Å². The van der Waals surface area contributed by atoms with E-state index < -0.39 is 0 Å². The Balaban J connectivity index is 2.42. The predicted molar refractivity (Wildman–Crippen MR) is 84.2 cm³/mol. The van der Waals surface area contributed by atoms with Gasteiger partial charge in [0.15, 0.2) is 5.78 Å². The third kappa shape index (κ3) is 6.49. The Bertz CT molecular complexity index is 413. The van der Waals surface area contributed by atoms with Gasteiger partial charge >= 0.3 is 0 Å². The maximum absolute atomic E-state index is 11.4. The summed E-state index contributed by atoms with van der Waals surface area (Å²) in [4.78, 5) is 15.6. The first kappa shape index (κ1) is 17.1. The minimum Gasteiger partial charge on any atom is -0.484 e. The number of carbonyl (C=O) groups excluding carboxylic acids is 1. The van der Waals surface area contributed by atoms with Crippen molar-refractivity contribution in [3.05, 3.63) is 18.3 Å². The third-order valence-electron chi connectivity index (χ3n) is 2.49. The quantitative estimate of drug-likeness (QED) is 0.415. The van der Waals surface area contributed by atoms with Crippen LogP contribution in [-0.2, 0) is 4.79 Å². The Morgan fingerprint density at radius 1 is 1.45 bits per heavy atom. The molecule has 20 heavy (non-hydrogen) atoms. The number of aromatic nitrogens is 1. The summed E-state index contributed by atoms with van der Waals surface area (Å²) in [6.45, 7) is 6.36. The standard InChI is InChI=1S/C13H20N2O3S2/c1-9(2)12(16)8-17-11-4-5-13(14-7-11)18-10(3)6-15-20-19/h4-5,7,9-10,15,19H,6,8H2,1-3H3/t10-/m1/s1. The highest BCUT2D eigenvalue weighted by atomic mass is 33.1. The Hall–Kier alpha value is -0.920. The topological polar surface area (TPSA) is 60.5 Å². The van der Waals surface area contributed by atoms with E-state index in [0.717, 1.165) is 0 Å². The van der Waals surface area contributed by atoms with E-state index in [0.29, 0.717) is 18.2 Å². The number of Topliss-reactive ketones (excluding diaryl/α,β-unsaturated/α-hetero) is 1. The van der Waals surface area contributed by atoms with Gasteiger partial charge in [0.2, 0.25) is 5.88 Å². The number of rotatable bonds is 9. The van der Waals surface area contributed by atoms with Crippen molar-refractivity contribution in [2.45, 2.75) is 26.9 Å². The summed E-state index contributed by atoms with van der Waals surface area (Å²) in [5.41, 5.74) is 0. The van der Waals surface area contributed by atoms with Gasteiger partial charge in [0.25, 0.3) is 0 Å². The summed E-state index contributed by atoms with van der Waals surface area (Å²) in [5, 5.41) is 0. The summed E-state index contributed by atoms with van der Waals surface area (Å²) >= 11 is 3.98. The molecule has 1 N–H and O–H groups in total. The summed E-state index contributed by atoms with van der Waals surface area (Å²) < 4.78 is 13.9. The number of pyridine rings is 1. The van der Waals surface area contributed by atoms with Crippen molar-refractivity contribution >= 4 is 28.4 Å². The molecular weight excluding hydrogens is 296 g/mol. The maximum Gasteiger partial charge on any atom is 0.213 e. The zero-order valence-electron chi connectivity index (χ0n) is 11.8. The molecule has 0 aliphatic heterocycles. The van der Waals surface area contributed by atoms with Crippen molar-refractivity contribution in [3.8, 4) is 11.6 Å². The molecule has 1 atom stereocenters. The van der Waals surface area contributed by atoms with E-state index in [4.69, 9.17) is 9.47 Å². The summed E-state index contributed by atoms with van der Waals surface area (Å²) in [7, 11) is 1.25. The Morgan fingerprint density at radius 3 is 2.75 bits per heavy atom. The molecule has 0 bridgehead atoms. The van der Waals surface area contributed by atoms with Gasteiger partial charge in [0, 0.05) is 18.5 Å². The largest absolute Gasteiger partial charge is 0.484 e. The molecule has 0 saturated heterocycles. The number of hydrogen-bond donors (Lipinski definition) is 2. The Labute approximate surface area is 128 Å². The highest BCUT2D eigenvalue weighted by Crippen LogP contribution is 2.15. The number of carbonyl (C=O) groups is 1. The lowest BCUT2D eigenvalue weighted by atomic mass is 10.1. The highest BCUT2D eigenvalue weighted by Gasteiger charge is 2.09. The van der Waals surface area contributed by atoms with Gasteiger partial charge in [-0.25, -0.2) is 4.98 Å². The molecule has 1 rings (SSSR count). The van der Waals surface area contributed by atoms with Crippen molar-refractivity contribution < 1.29 is 14.3 Å². The van der Waals surface area contributed by atoms with Gasteiger partial charge in [-0.15, -0.1) is 0 Å². The van der Waals surface area contributed by atoms with Crippen LogP contribution in [0.15, 0.2) is 18.3 Å². The molecule has 0 unspecified atom stereocenters. The molecule has 0 fully saturated rings. The highest BCUT2D eigenvalue weighted by molar-refractivity contribution is 8.67. The molecule has 1 aromatic heterocycles. The number of hydrogen-bond acceptors (Lipinski definition) is 7. The van der Waals surface area contributed by atoms with Gasteiger partial charge in [-0.3, -0.25) is 9.52 Å². The molecule has 0 saturated carbocycles. The van der Waals surface area contributed by atoms with Crippen LogP contribution in [0.3, 0.4) is 0 Å². The lowest BCUT2D eigenvalue weighted by molar-refractivity contribution is -0.123. The van der Waals surface area contributed by atoms with Crippen LogP contribution in [0.1, 0.15) is 20.8 Å². The molecule has 0 aromatic carbocycles. The zero-order valence-corrected chi connectivity index (χ0v) is 13.5. The van der Waals surface area contributed by atoms with Crippen LogP contribution in [0.25, 0.3) is 0 Å². The predicted octanol–water partition coefficient (Wildman–Crippen LogP) is 2.54. The molecule has 112 valence electrons.